The van der Waals surface area contributed by atoms with Gasteiger partial charge in [-0.25, -0.2) is 14.6 Å². The minimum Gasteiger partial charge on any atom is -0.477 e. The van der Waals surface area contributed by atoms with E-state index in [0.717, 1.165) is 67.4 Å². The first-order chi connectivity index (χ1) is 20.8. The number of hydrogen-bond acceptors (Lipinski definition) is 8. The topological polar surface area (TPSA) is 106 Å². The van der Waals surface area contributed by atoms with Gasteiger partial charge in [0.2, 0.25) is 5.88 Å². The lowest BCUT2D eigenvalue weighted by atomic mass is 9.94. The summed E-state index contributed by atoms with van der Waals surface area (Å²) in [4.78, 5) is 21.9. The van der Waals surface area contributed by atoms with Gasteiger partial charge in [0.1, 0.15) is 16.0 Å². The second-order valence-electron chi connectivity index (χ2n) is 12.9. The normalized spacial score (nSPS) is 19.5. The minimum absolute atomic E-state index is 0.106. The van der Waals surface area contributed by atoms with Gasteiger partial charge in [0.05, 0.1) is 12.2 Å². The van der Waals surface area contributed by atoms with E-state index in [1.807, 2.05) is 24.3 Å². The number of pyridine rings is 2. The number of carbonyl (C=O) groups excluding carboxylic acids is 1. The highest BCUT2D eigenvalue weighted by Crippen LogP contribution is 2.50. The van der Waals surface area contributed by atoms with Gasteiger partial charge in [-0.3, -0.25) is 9.52 Å². The Balaban J connectivity index is 0.950. The second kappa shape index (κ2) is 13.4. The molecule has 9 nitrogen and oxygen atoms in total. The Labute approximate surface area is 263 Å². The Morgan fingerprint density at radius 3 is 2.70 bits per heavy atom. The molecular weight excluding hydrogens is 582 g/mol. The quantitative estimate of drug-likeness (QED) is 0.0996. The van der Waals surface area contributed by atoms with Crippen molar-refractivity contribution in [2.45, 2.75) is 75.8 Å². The van der Waals surface area contributed by atoms with E-state index < -0.39 is 0 Å². The summed E-state index contributed by atoms with van der Waals surface area (Å²) >= 11 is 7.58. The highest BCUT2D eigenvalue weighted by molar-refractivity contribution is 7.97. The summed E-state index contributed by atoms with van der Waals surface area (Å²) in [5, 5.41) is 12.3. The summed E-state index contributed by atoms with van der Waals surface area (Å²) in [5.74, 6) is 4.92. The van der Waals surface area contributed by atoms with Gasteiger partial charge < -0.3 is 15.4 Å². The monoisotopic (exact) mass is 623 g/mol. The van der Waals surface area contributed by atoms with Gasteiger partial charge in [0.25, 0.3) is 5.91 Å². The molecule has 0 bridgehead atoms. The largest absolute Gasteiger partial charge is 0.477 e. The zero-order valence-corrected chi connectivity index (χ0v) is 26.6. The SMILES string of the molecule is CC1(C)CC(CCCNc2cccc(SNC(=O)c3ccc(-n4ccc(OCCC(C5CC5)C5CC5)n4)nc3Cl)n2)CN1. The van der Waals surface area contributed by atoms with Gasteiger partial charge >= 0.3 is 0 Å². The lowest BCUT2D eigenvalue weighted by Crippen LogP contribution is -2.31. The van der Waals surface area contributed by atoms with E-state index in [4.69, 9.17) is 16.3 Å². The van der Waals surface area contributed by atoms with E-state index in [2.05, 4.69) is 44.3 Å². The summed E-state index contributed by atoms with van der Waals surface area (Å²) in [6.45, 7) is 7.18. The Morgan fingerprint density at radius 2 is 1.98 bits per heavy atom. The van der Waals surface area contributed by atoms with Crippen LogP contribution in [0.1, 0.15) is 75.6 Å². The van der Waals surface area contributed by atoms with Crippen LogP contribution in [0.5, 0.6) is 5.88 Å². The molecule has 0 spiro atoms. The second-order valence-corrected chi connectivity index (χ2v) is 14.1. The number of ether oxygens (including phenoxy) is 1. The van der Waals surface area contributed by atoms with Crippen molar-refractivity contribution in [3.05, 3.63) is 53.3 Å². The molecule has 3 aromatic heterocycles. The Morgan fingerprint density at radius 1 is 1.16 bits per heavy atom. The molecule has 11 heteroatoms. The molecule has 1 aliphatic heterocycles. The summed E-state index contributed by atoms with van der Waals surface area (Å²) in [6.07, 6.45) is 11.9. The Kier molecular flexibility index (Phi) is 9.45. The minimum atomic E-state index is -0.340. The molecule has 3 fully saturated rings. The summed E-state index contributed by atoms with van der Waals surface area (Å²) in [5.41, 5.74) is 0.538. The van der Waals surface area contributed by atoms with E-state index >= 15 is 0 Å². The van der Waals surface area contributed by atoms with Crippen LogP contribution < -0.4 is 20.1 Å². The third kappa shape index (κ3) is 8.42. The molecule has 1 saturated heterocycles. The van der Waals surface area contributed by atoms with Crippen molar-refractivity contribution in [3.8, 4) is 11.7 Å². The summed E-state index contributed by atoms with van der Waals surface area (Å²) in [7, 11) is 0. The van der Waals surface area contributed by atoms with Gasteiger partial charge in [-0.2, -0.15) is 0 Å². The molecule has 6 rings (SSSR count). The fourth-order valence-corrected chi connectivity index (χ4v) is 7.09. The zero-order chi connectivity index (χ0) is 29.8. The first-order valence-electron chi connectivity index (χ1n) is 15.6. The molecule has 0 radical (unpaired) electrons. The van der Waals surface area contributed by atoms with Crippen molar-refractivity contribution < 1.29 is 9.53 Å². The van der Waals surface area contributed by atoms with Gasteiger partial charge in [-0.05, 0) is 120 Å². The molecule has 43 heavy (non-hydrogen) atoms. The predicted molar refractivity (Wildman–Crippen MR) is 171 cm³/mol. The van der Waals surface area contributed by atoms with E-state index in [9.17, 15) is 4.79 Å². The molecule has 2 saturated carbocycles. The number of carbonyl (C=O) groups is 1. The van der Waals surface area contributed by atoms with Crippen LogP contribution in [0.4, 0.5) is 5.82 Å². The molecule has 0 aromatic carbocycles. The third-order valence-electron chi connectivity index (χ3n) is 8.77. The number of aromatic nitrogens is 4. The highest BCUT2D eigenvalue weighted by Gasteiger charge is 2.41. The maximum absolute atomic E-state index is 12.9. The van der Waals surface area contributed by atoms with Crippen molar-refractivity contribution in [1.82, 2.24) is 29.8 Å². The smallest absolute Gasteiger partial charge is 0.264 e. The van der Waals surface area contributed by atoms with Crippen LogP contribution in [0.25, 0.3) is 5.82 Å². The van der Waals surface area contributed by atoms with Crippen LogP contribution >= 0.6 is 23.5 Å². The van der Waals surface area contributed by atoms with Gasteiger partial charge in [0, 0.05) is 36.3 Å². The lowest BCUT2D eigenvalue weighted by Gasteiger charge is -2.17. The first-order valence-corrected chi connectivity index (χ1v) is 16.8. The van der Waals surface area contributed by atoms with Gasteiger partial charge in [-0.1, -0.05) is 17.7 Å². The standard InChI is InChI=1S/C32H42ClN7O2S/c1-32(2)19-21(20-35-32)5-4-16-34-26-6-3-7-29(36-26)43-39-31(41)25-12-13-27(37-30(25)33)40-17-14-28(38-40)42-18-15-24(22-8-9-22)23-10-11-23/h3,6-7,12-14,17,21-24,35H,4-5,8-11,15-16,18-20H2,1-2H3,(H,34,36)(H,39,41). The molecule has 1 atom stereocenters. The van der Waals surface area contributed by atoms with E-state index in [1.54, 1.807) is 23.0 Å². The first kappa shape index (κ1) is 30.2. The molecule has 1 unspecified atom stereocenters. The Bertz CT molecular complexity index is 1400. The lowest BCUT2D eigenvalue weighted by molar-refractivity contribution is 0.0984. The number of hydrogen-bond donors (Lipinski definition) is 3. The average Bonchev–Trinajstić information content (AvgIpc) is 3.93. The van der Waals surface area contributed by atoms with E-state index in [-0.39, 0.29) is 22.2 Å². The third-order valence-corrected chi connectivity index (χ3v) is 9.78. The predicted octanol–water partition coefficient (Wildman–Crippen LogP) is 6.54. The molecular formula is C32H42ClN7O2S. The molecule has 3 N–H and O–H groups in total. The molecule has 3 aliphatic rings. The van der Waals surface area contributed by atoms with Crippen LogP contribution in [-0.4, -0.2) is 50.9 Å². The van der Waals surface area contributed by atoms with Gasteiger partial charge in [-0.15, -0.1) is 5.10 Å². The fraction of sp³-hybridized carbons (Fsp3) is 0.562. The molecule has 1 amide bonds. The molecule has 2 aliphatic carbocycles. The van der Waals surface area contributed by atoms with Crippen molar-refractivity contribution in [1.29, 1.82) is 0 Å². The van der Waals surface area contributed by atoms with Crippen molar-refractivity contribution in [2.24, 2.45) is 23.7 Å². The maximum Gasteiger partial charge on any atom is 0.264 e. The van der Waals surface area contributed by atoms with Crippen LogP contribution in [0, 0.1) is 23.7 Å². The number of amides is 1. The van der Waals surface area contributed by atoms with Crippen molar-refractivity contribution in [3.63, 3.8) is 0 Å². The van der Waals surface area contributed by atoms with E-state index in [0.29, 0.717) is 23.3 Å². The van der Waals surface area contributed by atoms with E-state index in [1.165, 1.54) is 38.5 Å². The average molecular weight is 624 g/mol. The molecule has 4 heterocycles. The van der Waals surface area contributed by atoms with Gasteiger partial charge in [0.15, 0.2) is 5.82 Å². The Hall–Kier alpha value is -2.82. The number of nitrogens with one attached hydrogen (secondary N) is 3. The number of anilines is 1. The van der Waals surface area contributed by atoms with Crippen molar-refractivity contribution in [2.75, 3.05) is 25.0 Å². The highest BCUT2D eigenvalue weighted by atomic mass is 35.5. The number of halogens is 1. The maximum atomic E-state index is 12.9. The summed E-state index contributed by atoms with van der Waals surface area (Å²) in [6, 6.07) is 10.9. The van der Waals surface area contributed by atoms with Crippen LogP contribution in [0.3, 0.4) is 0 Å². The molecule has 230 valence electrons. The van der Waals surface area contributed by atoms with Crippen molar-refractivity contribution >= 4 is 35.3 Å². The van der Waals surface area contributed by atoms with Crippen LogP contribution in [-0.2, 0) is 0 Å². The molecule has 3 aromatic rings. The zero-order valence-electron chi connectivity index (χ0n) is 25.0. The number of nitrogens with zero attached hydrogens (tertiary/aromatic N) is 4. The van der Waals surface area contributed by atoms with Crippen LogP contribution in [0.15, 0.2) is 47.6 Å². The number of rotatable bonds is 15. The summed E-state index contributed by atoms with van der Waals surface area (Å²) < 4.78 is 10.4. The fourth-order valence-electron chi connectivity index (χ4n) is 6.26. The van der Waals surface area contributed by atoms with Crippen LogP contribution in [0.2, 0.25) is 5.15 Å².